The van der Waals surface area contributed by atoms with Crippen molar-refractivity contribution in [2.75, 3.05) is 24.5 Å². The van der Waals surface area contributed by atoms with E-state index < -0.39 is 0 Å². The zero-order valence-electron chi connectivity index (χ0n) is 14.2. The van der Waals surface area contributed by atoms with Crippen molar-refractivity contribution >= 4 is 11.6 Å². The summed E-state index contributed by atoms with van der Waals surface area (Å²) in [6.07, 6.45) is 4.82. The molecule has 1 amide bonds. The van der Waals surface area contributed by atoms with Crippen LogP contribution in [0.25, 0.3) is 0 Å². The van der Waals surface area contributed by atoms with Crippen molar-refractivity contribution < 1.29 is 4.79 Å². The molecule has 0 aromatic heterocycles. The lowest BCUT2D eigenvalue weighted by atomic mass is 10.1. The van der Waals surface area contributed by atoms with Gasteiger partial charge in [-0.25, -0.2) is 0 Å². The number of anilines is 1. The standard InChI is InChI=1S/C21H26N2O/c24-21(13-7-4-10-18-8-2-1-3-9-18)22-15-17-23-16-14-19-11-5-6-12-20(19)23/h1-3,5-6,8-9,11-12H,4,7,10,13-17H2,(H,22,24). The van der Waals surface area contributed by atoms with Crippen molar-refractivity contribution in [1.82, 2.24) is 5.32 Å². The molecule has 0 unspecified atom stereocenters. The maximum absolute atomic E-state index is 11.9. The number of nitrogens with one attached hydrogen (secondary N) is 1. The van der Waals surface area contributed by atoms with Crippen LogP contribution in [0.2, 0.25) is 0 Å². The first-order valence-electron chi connectivity index (χ1n) is 8.96. The van der Waals surface area contributed by atoms with E-state index in [0.717, 1.165) is 45.3 Å². The summed E-state index contributed by atoms with van der Waals surface area (Å²) < 4.78 is 0. The second-order valence-electron chi connectivity index (χ2n) is 6.41. The van der Waals surface area contributed by atoms with Crippen LogP contribution in [0.3, 0.4) is 0 Å². The van der Waals surface area contributed by atoms with E-state index in [4.69, 9.17) is 0 Å². The van der Waals surface area contributed by atoms with Crippen LogP contribution in [-0.2, 0) is 17.6 Å². The molecule has 3 rings (SSSR count). The van der Waals surface area contributed by atoms with Crippen LogP contribution in [-0.4, -0.2) is 25.5 Å². The quantitative estimate of drug-likeness (QED) is 0.754. The molecule has 0 radical (unpaired) electrons. The summed E-state index contributed by atoms with van der Waals surface area (Å²) in [6.45, 7) is 2.69. The zero-order chi connectivity index (χ0) is 16.6. The Labute approximate surface area is 144 Å². The summed E-state index contributed by atoms with van der Waals surface area (Å²) in [5.74, 6) is 0.176. The fraction of sp³-hybridized carbons (Fsp3) is 0.381. The van der Waals surface area contributed by atoms with Crippen LogP contribution >= 0.6 is 0 Å². The molecule has 2 aromatic carbocycles. The maximum atomic E-state index is 11.9. The first kappa shape index (κ1) is 16.6. The Bertz CT molecular complexity index is 654. The molecular weight excluding hydrogens is 296 g/mol. The lowest BCUT2D eigenvalue weighted by molar-refractivity contribution is -0.121. The third-order valence-electron chi connectivity index (χ3n) is 4.65. The predicted molar refractivity (Wildman–Crippen MR) is 99.4 cm³/mol. The van der Waals surface area contributed by atoms with Gasteiger partial charge in [0.2, 0.25) is 5.91 Å². The number of para-hydroxylation sites is 1. The van der Waals surface area contributed by atoms with Gasteiger partial charge in [-0.15, -0.1) is 0 Å². The Hall–Kier alpha value is -2.29. The van der Waals surface area contributed by atoms with Crippen molar-refractivity contribution in [1.29, 1.82) is 0 Å². The molecule has 0 aliphatic carbocycles. The summed E-state index contributed by atoms with van der Waals surface area (Å²) in [7, 11) is 0. The molecule has 1 aliphatic rings. The van der Waals surface area contributed by atoms with E-state index in [2.05, 4.69) is 58.7 Å². The van der Waals surface area contributed by atoms with Crippen molar-refractivity contribution in [2.24, 2.45) is 0 Å². The van der Waals surface area contributed by atoms with Gasteiger partial charge in [0.25, 0.3) is 0 Å². The van der Waals surface area contributed by atoms with Crippen LogP contribution in [0.5, 0.6) is 0 Å². The molecular formula is C21H26N2O. The molecule has 0 fully saturated rings. The number of benzene rings is 2. The second-order valence-corrected chi connectivity index (χ2v) is 6.41. The van der Waals surface area contributed by atoms with E-state index in [0.29, 0.717) is 6.42 Å². The number of rotatable bonds is 8. The van der Waals surface area contributed by atoms with Crippen LogP contribution in [0.15, 0.2) is 54.6 Å². The smallest absolute Gasteiger partial charge is 0.220 e. The Morgan fingerprint density at radius 1 is 1.00 bits per heavy atom. The van der Waals surface area contributed by atoms with E-state index in [-0.39, 0.29) is 5.91 Å². The average Bonchev–Trinajstić information content (AvgIpc) is 3.03. The molecule has 24 heavy (non-hydrogen) atoms. The van der Waals surface area contributed by atoms with Gasteiger partial charge < -0.3 is 10.2 Å². The Morgan fingerprint density at radius 3 is 2.67 bits per heavy atom. The van der Waals surface area contributed by atoms with Gasteiger partial charge >= 0.3 is 0 Å². The number of nitrogens with zero attached hydrogens (tertiary/aromatic N) is 1. The monoisotopic (exact) mass is 322 g/mol. The lowest BCUT2D eigenvalue weighted by Crippen LogP contribution is -2.34. The van der Waals surface area contributed by atoms with Crippen molar-refractivity contribution in [3.63, 3.8) is 0 Å². The van der Waals surface area contributed by atoms with Gasteiger partial charge in [0.1, 0.15) is 0 Å². The SMILES string of the molecule is O=C(CCCCc1ccccc1)NCCN1CCc2ccccc21. The molecule has 1 heterocycles. The molecule has 0 saturated heterocycles. The highest BCUT2D eigenvalue weighted by molar-refractivity contribution is 5.75. The number of carbonyl (C=O) groups is 1. The molecule has 0 bridgehead atoms. The van der Waals surface area contributed by atoms with Crippen molar-refractivity contribution in [3.05, 3.63) is 65.7 Å². The number of carbonyl (C=O) groups excluding carboxylic acids is 1. The lowest BCUT2D eigenvalue weighted by Gasteiger charge is -2.19. The molecule has 0 atom stereocenters. The number of hydrogen-bond acceptors (Lipinski definition) is 2. The maximum Gasteiger partial charge on any atom is 0.220 e. The van der Waals surface area contributed by atoms with E-state index >= 15 is 0 Å². The van der Waals surface area contributed by atoms with Crippen molar-refractivity contribution in [3.8, 4) is 0 Å². The Morgan fingerprint density at radius 2 is 1.79 bits per heavy atom. The van der Waals surface area contributed by atoms with Gasteiger partial charge in [-0.3, -0.25) is 4.79 Å². The predicted octanol–water partition coefficient (Wildman–Crippen LogP) is 3.58. The minimum absolute atomic E-state index is 0.176. The summed E-state index contributed by atoms with van der Waals surface area (Å²) in [4.78, 5) is 14.3. The summed E-state index contributed by atoms with van der Waals surface area (Å²) >= 11 is 0. The van der Waals surface area contributed by atoms with Gasteiger partial charge in [-0.2, -0.15) is 0 Å². The third-order valence-corrected chi connectivity index (χ3v) is 4.65. The molecule has 0 spiro atoms. The summed E-state index contributed by atoms with van der Waals surface area (Å²) in [5.41, 5.74) is 4.10. The van der Waals surface area contributed by atoms with Gasteiger partial charge in [-0.05, 0) is 42.9 Å². The van der Waals surface area contributed by atoms with Crippen LogP contribution in [0.1, 0.15) is 30.4 Å². The molecule has 1 aliphatic heterocycles. The van der Waals surface area contributed by atoms with Crippen LogP contribution in [0.4, 0.5) is 5.69 Å². The van der Waals surface area contributed by atoms with Gasteiger partial charge in [0.05, 0.1) is 0 Å². The van der Waals surface area contributed by atoms with Crippen LogP contribution < -0.4 is 10.2 Å². The largest absolute Gasteiger partial charge is 0.369 e. The zero-order valence-corrected chi connectivity index (χ0v) is 14.2. The molecule has 3 heteroatoms. The molecule has 2 aromatic rings. The highest BCUT2D eigenvalue weighted by Crippen LogP contribution is 2.26. The number of unbranched alkanes of at least 4 members (excludes halogenated alkanes) is 1. The number of amides is 1. The van der Waals surface area contributed by atoms with Crippen molar-refractivity contribution in [2.45, 2.75) is 32.1 Å². The van der Waals surface area contributed by atoms with Gasteiger partial charge in [0, 0.05) is 31.7 Å². The van der Waals surface area contributed by atoms with E-state index in [9.17, 15) is 4.79 Å². The first-order valence-corrected chi connectivity index (χ1v) is 8.96. The third kappa shape index (κ3) is 4.60. The molecule has 1 N–H and O–H groups in total. The fourth-order valence-electron chi connectivity index (χ4n) is 3.32. The topological polar surface area (TPSA) is 32.3 Å². The Kier molecular flexibility index (Phi) is 5.89. The highest BCUT2D eigenvalue weighted by atomic mass is 16.1. The molecule has 126 valence electrons. The highest BCUT2D eigenvalue weighted by Gasteiger charge is 2.17. The number of aryl methyl sites for hydroxylation is 1. The summed E-state index contributed by atoms with van der Waals surface area (Å²) in [6, 6.07) is 19.0. The molecule has 0 saturated carbocycles. The number of fused-ring (bicyclic) bond motifs is 1. The van der Waals surface area contributed by atoms with E-state index in [1.54, 1.807) is 0 Å². The van der Waals surface area contributed by atoms with Gasteiger partial charge in [0.15, 0.2) is 0 Å². The summed E-state index contributed by atoms with van der Waals surface area (Å²) in [5, 5.41) is 3.06. The van der Waals surface area contributed by atoms with Gasteiger partial charge in [-0.1, -0.05) is 48.5 Å². The second kappa shape index (κ2) is 8.53. The average molecular weight is 322 g/mol. The Balaban J connectivity index is 1.29. The minimum Gasteiger partial charge on any atom is -0.369 e. The number of hydrogen-bond donors (Lipinski definition) is 1. The normalized spacial score (nSPS) is 12.9. The fourth-order valence-corrected chi connectivity index (χ4v) is 3.32. The first-order chi connectivity index (χ1) is 11.8. The van der Waals surface area contributed by atoms with E-state index in [1.807, 2.05) is 6.07 Å². The van der Waals surface area contributed by atoms with Crippen LogP contribution in [0, 0.1) is 0 Å². The molecule has 3 nitrogen and oxygen atoms in total. The minimum atomic E-state index is 0.176. The van der Waals surface area contributed by atoms with E-state index in [1.165, 1.54) is 16.8 Å².